The van der Waals surface area contributed by atoms with Crippen LogP contribution >= 0.6 is 0 Å². The summed E-state index contributed by atoms with van der Waals surface area (Å²) in [6.07, 6.45) is 1.13. The third kappa shape index (κ3) is 2.04. The van der Waals surface area contributed by atoms with Gasteiger partial charge in [-0.05, 0) is 10.3 Å². The first kappa shape index (κ1) is 8.18. The molecule has 0 bridgehead atoms. The highest BCUT2D eigenvalue weighted by Gasteiger charge is 2.01. The van der Waals surface area contributed by atoms with E-state index in [1.807, 2.05) is 0 Å². The molecule has 0 fully saturated rings. The Kier molecular flexibility index (Phi) is 2.36. The summed E-state index contributed by atoms with van der Waals surface area (Å²) in [5.74, 6) is -0.438. The minimum Gasteiger partial charge on any atom is -0.379 e. The van der Waals surface area contributed by atoms with Crippen LogP contribution in [0.1, 0.15) is 12.6 Å². The quantitative estimate of drug-likeness (QED) is 0.366. The van der Waals surface area contributed by atoms with Gasteiger partial charge in [0.05, 0.1) is 0 Å². The van der Waals surface area contributed by atoms with Gasteiger partial charge in [-0.2, -0.15) is 0 Å². The maximum Gasteiger partial charge on any atom is 0.331 e. The lowest BCUT2D eigenvalue weighted by Crippen LogP contribution is -1.94. The van der Waals surface area contributed by atoms with Crippen molar-refractivity contribution in [2.75, 3.05) is 5.73 Å². The SMILES string of the molecule is CC(=O)ON=Cc1nonc1N. The Balaban J connectivity index is 2.57. The average molecular weight is 170 g/mol. The van der Waals surface area contributed by atoms with E-state index in [0.717, 1.165) is 6.21 Å². The lowest BCUT2D eigenvalue weighted by molar-refractivity contribution is -0.140. The van der Waals surface area contributed by atoms with Crippen LogP contribution in [0.5, 0.6) is 0 Å². The maximum absolute atomic E-state index is 10.2. The van der Waals surface area contributed by atoms with E-state index in [2.05, 4.69) is 24.9 Å². The molecule has 0 saturated carbocycles. The second kappa shape index (κ2) is 3.46. The van der Waals surface area contributed by atoms with Crippen molar-refractivity contribution >= 4 is 18.0 Å². The molecular formula is C5H6N4O3. The fourth-order valence-electron chi connectivity index (χ4n) is 0.442. The number of rotatable bonds is 2. The summed E-state index contributed by atoms with van der Waals surface area (Å²) in [6.45, 7) is 1.22. The molecule has 0 saturated heterocycles. The zero-order valence-corrected chi connectivity index (χ0v) is 6.22. The molecule has 7 heteroatoms. The maximum atomic E-state index is 10.2. The molecule has 2 N–H and O–H groups in total. The topological polar surface area (TPSA) is 104 Å². The minimum atomic E-state index is -0.527. The summed E-state index contributed by atoms with van der Waals surface area (Å²) >= 11 is 0. The standard InChI is InChI=1S/C5H6N4O3/c1-3(10)11-7-2-4-5(6)9-12-8-4/h2H,1H3,(H2,6,9). The highest BCUT2D eigenvalue weighted by Crippen LogP contribution is 1.99. The van der Waals surface area contributed by atoms with E-state index in [-0.39, 0.29) is 11.5 Å². The summed E-state index contributed by atoms with van der Waals surface area (Å²) < 4.78 is 4.25. The van der Waals surface area contributed by atoms with Crippen molar-refractivity contribution in [3.05, 3.63) is 5.69 Å². The first-order valence-corrected chi connectivity index (χ1v) is 2.99. The molecule has 0 spiro atoms. The van der Waals surface area contributed by atoms with Crippen LogP contribution in [0, 0.1) is 0 Å². The first-order valence-electron chi connectivity index (χ1n) is 2.99. The van der Waals surface area contributed by atoms with E-state index in [1.54, 1.807) is 0 Å². The van der Waals surface area contributed by atoms with Crippen LogP contribution in [0.15, 0.2) is 9.78 Å². The van der Waals surface area contributed by atoms with Crippen LogP contribution in [0.3, 0.4) is 0 Å². The van der Waals surface area contributed by atoms with Crippen molar-refractivity contribution in [2.45, 2.75) is 6.92 Å². The number of aromatic nitrogens is 2. The van der Waals surface area contributed by atoms with Crippen LogP contribution in [0.2, 0.25) is 0 Å². The van der Waals surface area contributed by atoms with Gasteiger partial charge in [0.25, 0.3) is 0 Å². The average Bonchev–Trinajstić information content (AvgIpc) is 2.36. The fourth-order valence-corrected chi connectivity index (χ4v) is 0.442. The highest BCUT2D eigenvalue weighted by molar-refractivity contribution is 5.82. The van der Waals surface area contributed by atoms with E-state index in [1.165, 1.54) is 6.92 Å². The van der Waals surface area contributed by atoms with Crippen molar-refractivity contribution < 1.29 is 14.3 Å². The Morgan fingerprint density at radius 1 is 1.75 bits per heavy atom. The zero-order valence-electron chi connectivity index (χ0n) is 6.22. The molecule has 1 rings (SSSR count). The van der Waals surface area contributed by atoms with Gasteiger partial charge < -0.3 is 10.6 Å². The van der Waals surface area contributed by atoms with Crippen molar-refractivity contribution in [1.82, 2.24) is 10.3 Å². The Morgan fingerprint density at radius 3 is 3.00 bits per heavy atom. The minimum absolute atomic E-state index is 0.0888. The van der Waals surface area contributed by atoms with Gasteiger partial charge in [-0.3, -0.25) is 0 Å². The number of carbonyl (C=O) groups is 1. The predicted octanol–water partition coefficient (Wildman–Crippen LogP) is -0.451. The second-order valence-electron chi connectivity index (χ2n) is 1.85. The van der Waals surface area contributed by atoms with Crippen molar-refractivity contribution in [3.63, 3.8) is 0 Å². The van der Waals surface area contributed by atoms with Crippen LogP contribution in [-0.2, 0) is 9.63 Å². The number of carbonyl (C=O) groups excluding carboxylic acids is 1. The lowest BCUT2D eigenvalue weighted by Gasteiger charge is -1.86. The largest absolute Gasteiger partial charge is 0.379 e. The number of hydrogen-bond donors (Lipinski definition) is 1. The number of nitrogen functional groups attached to an aromatic ring is 1. The first-order chi connectivity index (χ1) is 5.70. The van der Waals surface area contributed by atoms with Crippen molar-refractivity contribution in [2.24, 2.45) is 5.16 Å². The van der Waals surface area contributed by atoms with Crippen LogP contribution in [-0.4, -0.2) is 22.5 Å². The number of oxime groups is 1. The van der Waals surface area contributed by atoms with Crippen LogP contribution in [0.25, 0.3) is 0 Å². The third-order valence-corrected chi connectivity index (χ3v) is 0.897. The van der Waals surface area contributed by atoms with Crippen molar-refractivity contribution in [3.8, 4) is 0 Å². The molecule has 0 aliphatic carbocycles. The molecule has 7 nitrogen and oxygen atoms in total. The van der Waals surface area contributed by atoms with Gasteiger partial charge in [-0.15, -0.1) is 0 Å². The number of hydrogen-bond acceptors (Lipinski definition) is 7. The number of anilines is 1. The summed E-state index contributed by atoms with van der Waals surface area (Å²) in [5, 5.41) is 9.89. The molecule has 0 amide bonds. The zero-order chi connectivity index (χ0) is 8.97. The molecule has 0 aliphatic rings. The molecule has 0 radical (unpaired) electrons. The fraction of sp³-hybridized carbons (Fsp3) is 0.200. The number of nitrogens with two attached hydrogens (primary N) is 1. The van der Waals surface area contributed by atoms with Gasteiger partial charge in [0.15, 0.2) is 11.5 Å². The molecular weight excluding hydrogens is 164 g/mol. The molecule has 64 valence electrons. The molecule has 12 heavy (non-hydrogen) atoms. The Morgan fingerprint density at radius 2 is 2.50 bits per heavy atom. The van der Waals surface area contributed by atoms with Gasteiger partial charge >= 0.3 is 5.97 Å². The molecule has 0 atom stereocenters. The van der Waals surface area contributed by atoms with Crippen LogP contribution in [0.4, 0.5) is 5.82 Å². The monoisotopic (exact) mass is 170 g/mol. The Labute approximate surface area is 67.1 Å². The molecule has 0 aliphatic heterocycles. The van der Waals surface area contributed by atoms with Gasteiger partial charge in [-0.25, -0.2) is 9.42 Å². The van der Waals surface area contributed by atoms with Gasteiger partial charge in [-0.1, -0.05) is 5.16 Å². The van der Waals surface area contributed by atoms with Crippen molar-refractivity contribution in [1.29, 1.82) is 0 Å². The third-order valence-electron chi connectivity index (χ3n) is 0.897. The normalized spacial score (nSPS) is 10.4. The summed E-state index contributed by atoms with van der Waals surface area (Å²) in [5.41, 5.74) is 5.48. The smallest absolute Gasteiger partial charge is 0.331 e. The summed E-state index contributed by atoms with van der Waals surface area (Å²) in [4.78, 5) is 14.5. The summed E-state index contributed by atoms with van der Waals surface area (Å²) in [7, 11) is 0. The molecule has 1 aromatic rings. The molecule has 0 unspecified atom stereocenters. The molecule has 1 aromatic heterocycles. The second-order valence-corrected chi connectivity index (χ2v) is 1.85. The number of nitrogens with zero attached hydrogens (tertiary/aromatic N) is 3. The Bertz CT molecular complexity index is 305. The van der Waals surface area contributed by atoms with E-state index >= 15 is 0 Å². The van der Waals surface area contributed by atoms with Crippen LogP contribution < -0.4 is 5.73 Å². The van der Waals surface area contributed by atoms with Gasteiger partial charge in [0.1, 0.15) is 6.21 Å². The molecule has 1 heterocycles. The van der Waals surface area contributed by atoms with Gasteiger partial charge in [0.2, 0.25) is 0 Å². The van der Waals surface area contributed by atoms with E-state index < -0.39 is 5.97 Å². The van der Waals surface area contributed by atoms with E-state index in [4.69, 9.17) is 5.73 Å². The van der Waals surface area contributed by atoms with E-state index in [9.17, 15) is 4.79 Å². The Hall–Kier alpha value is -1.92. The highest BCUT2D eigenvalue weighted by atomic mass is 16.7. The van der Waals surface area contributed by atoms with Gasteiger partial charge in [0, 0.05) is 6.92 Å². The van der Waals surface area contributed by atoms with E-state index in [0.29, 0.717) is 0 Å². The summed E-state index contributed by atoms with van der Waals surface area (Å²) in [6, 6.07) is 0. The lowest BCUT2D eigenvalue weighted by atomic mass is 10.5. The molecule has 0 aromatic carbocycles. The predicted molar refractivity (Wildman–Crippen MR) is 38.1 cm³/mol.